The monoisotopic (exact) mass is 227 g/mol. The molecule has 1 saturated heterocycles. The molecule has 0 amide bonds. The van der Waals surface area contributed by atoms with Gasteiger partial charge in [-0.2, -0.15) is 0 Å². The van der Waals surface area contributed by atoms with E-state index in [2.05, 4.69) is 27.7 Å². The maximum atomic E-state index is 10.8. The quantitative estimate of drug-likeness (QED) is 0.733. The molecule has 0 radical (unpaired) electrons. The summed E-state index contributed by atoms with van der Waals surface area (Å²) in [6, 6.07) is 0. The molecule has 1 rings (SSSR count). The minimum atomic E-state index is -0.928. The van der Waals surface area contributed by atoms with Gasteiger partial charge in [-0.25, -0.2) is 0 Å². The Bertz CT molecular complexity index is 246. The second-order valence-electron chi connectivity index (χ2n) is 5.85. The minimum Gasteiger partial charge on any atom is -0.550 e. The van der Waals surface area contributed by atoms with E-state index in [4.69, 9.17) is 4.74 Å². The lowest BCUT2D eigenvalue weighted by Crippen LogP contribution is -2.40. The summed E-state index contributed by atoms with van der Waals surface area (Å²) in [6.45, 7) is 9.09. The highest BCUT2D eigenvalue weighted by molar-refractivity contribution is 5.64. The number of aliphatic carboxylic acids is 1. The van der Waals surface area contributed by atoms with E-state index >= 15 is 0 Å². The van der Waals surface area contributed by atoms with Crippen molar-refractivity contribution in [1.82, 2.24) is 0 Å². The van der Waals surface area contributed by atoms with Crippen LogP contribution in [0.1, 0.15) is 47.0 Å². The summed E-state index contributed by atoms with van der Waals surface area (Å²) in [5.41, 5.74) is -0.109. The summed E-state index contributed by atoms with van der Waals surface area (Å²) in [5.74, 6) is 0.120. The molecule has 0 bridgehead atoms. The third-order valence-corrected chi connectivity index (χ3v) is 3.60. The second kappa shape index (κ2) is 5.17. The molecule has 0 aromatic carbocycles. The van der Waals surface area contributed by atoms with Crippen molar-refractivity contribution in [2.24, 2.45) is 17.8 Å². The highest BCUT2D eigenvalue weighted by Gasteiger charge is 2.34. The molecule has 3 nitrogen and oxygen atoms in total. The maximum absolute atomic E-state index is 10.8. The molecule has 1 fully saturated rings. The Morgan fingerprint density at radius 2 is 2.12 bits per heavy atom. The fourth-order valence-corrected chi connectivity index (χ4v) is 2.78. The van der Waals surface area contributed by atoms with Gasteiger partial charge in [0, 0.05) is 12.6 Å². The van der Waals surface area contributed by atoms with Crippen LogP contribution in [-0.4, -0.2) is 18.2 Å². The number of carbonyl (C=O) groups excluding carboxylic acids is 1. The molecule has 1 heterocycles. The first-order valence-electron chi connectivity index (χ1n) is 6.15. The van der Waals surface area contributed by atoms with Gasteiger partial charge in [-0.3, -0.25) is 0 Å². The number of hydrogen-bond donors (Lipinski definition) is 0. The molecule has 0 unspecified atom stereocenters. The number of carboxylic acid groups (broad SMARTS) is 1. The van der Waals surface area contributed by atoms with Gasteiger partial charge >= 0.3 is 0 Å². The molecule has 94 valence electrons. The van der Waals surface area contributed by atoms with Gasteiger partial charge < -0.3 is 14.6 Å². The van der Waals surface area contributed by atoms with E-state index in [0.29, 0.717) is 11.8 Å². The molecule has 0 spiro atoms. The van der Waals surface area contributed by atoms with Gasteiger partial charge in [0.15, 0.2) is 0 Å². The fraction of sp³-hybridized carbons (Fsp3) is 0.923. The van der Waals surface area contributed by atoms with Crippen molar-refractivity contribution in [3.05, 3.63) is 0 Å². The largest absolute Gasteiger partial charge is 0.550 e. The van der Waals surface area contributed by atoms with Gasteiger partial charge in [-0.15, -0.1) is 0 Å². The molecule has 0 saturated carbocycles. The molecule has 2 atom stereocenters. The standard InChI is InChI=1S/C13H24O3/c1-9(2)11(7-12(14)15)10-5-6-16-13(3,4)8-10/h9-11H,5-8H2,1-4H3,(H,14,15)/p-1/t10-,11+/m0/s1. The van der Waals surface area contributed by atoms with Crippen LogP contribution in [0.4, 0.5) is 0 Å². The Kier molecular flexibility index (Phi) is 4.36. The van der Waals surface area contributed by atoms with E-state index < -0.39 is 5.97 Å². The molecule has 1 aliphatic rings. The first kappa shape index (κ1) is 13.5. The Labute approximate surface area is 98.2 Å². The SMILES string of the molecule is CC(C)[C@@H](CC(=O)[O-])[C@H]1CCOC(C)(C)C1. The van der Waals surface area contributed by atoms with Gasteiger partial charge in [0.1, 0.15) is 0 Å². The predicted octanol–water partition coefficient (Wildman–Crippen LogP) is 1.60. The average Bonchev–Trinajstić information content (AvgIpc) is 2.11. The normalized spacial score (nSPS) is 26.7. The third-order valence-electron chi connectivity index (χ3n) is 3.60. The van der Waals surface area contributed by atoms with Crippen LogP contribution in [0.5, 0.6) is 0 Å². The zero-order chi connectivity index (χ0) is 12.3. The van der Waals surface area contributed by atoms with Gasteiger partial charge in [0.2, 0.25) is 0 Å². The smallest absolute Gasteiger partial charge is 0.0629 e. The van der Waals surface area contributed by atoms with Crippen LogP contribution in [-0.2, 0) is 9.53 Å². The Morgan fingerprint density at radius 1 is 1.50 bits per heavy atom. The van der Waals surface area contributed by atoms with E-state index in [0.717, 1.165) is 19.4 Å². The lowest BCUT2D eigenvalue weighted by Gasteiger charge is -2.40. The average molecular weight is 227 g/mol. The van der Waals surface area contributed by atoms with Gasteiger partial charge in [-0.05, 0) is 50.9 Å². The van der Waals surface area contributed by atoms with E-state index in [9.17, 15) is 9.90 Å². The van der Waals surface area contributed by atoms with Gasteiger partial charge in [-0.1, -0.05) is 13.8 Å². The summed E-state index contributed by atoms with van der Waals surface area (Å²) >= 11 is 0. The van der Waals surface area contributed by atoms with Crippen molar-refractivity contribution < 1.29 is 14.6 Å². The van der Waals surface area contributed by atoms with Crippen molar-refractivity contribution in [2.75, 3.05) is 6.61 Å². The summed E-state index contributed by atoms with van der Waals surface area (Å²) in [6.07, 6.45) is 2.10. The number of rotatable bonds is 4. The van der Waals surface area contributed by atoms with Crippen LogP contribution in [0.3, 0.4) is 0 Å². The first-order valence-corrected chi connectivity index (χ1v) is 6.15. The van der Waals surface area contributed by atoms with E-state index in [1.165, 1.54) is 0 Å². The van der Waals surface area contributed by atoms with Crippen LogP contribution in [0.2, 0.25) is 0 Å². The Morgan fingerprint density at radius 3 is 2.56 bits per heavy atom. The maximum Gasteiger partial charge on any atom is 0.0629 e. The Balaban J connectivity index is 2.67. The van der Waals surface area contributed by atoms with Crippen molar-refractivity contribution >= 4 is 5.97 Å². The first-order chi connectivity index (χ1) is 7.32. The highest BCUT2D eigenvalue weighted by atomic mass is 16.5. The summed E-state index contributed by atoms with van der Waals surface area (Å²) in [7, 11) is 0. The molecular formula is C13H23O3-. The lowest BCUT2D eigenvalue weighted by atomic mass is 9.73. The topological polar surface area (TPSA) is 49.4 Å². The summed E-state index contributed by atoms with van der Waals surface area (Å²) in [4.78, 5) is 10.8. The van der Waals surface area contributed by atoms with Crippen LogP contribution in [0, 0.1) is 17.8 Å². The highest BCUT2D eigenvalue weighted by Crippen LogP contribution is 2.37. The zero-order valence-corrected chi connectivity index (χ0v) is 10.8. The minimum absolute atomic E-state index is 0.109. The third kappa shape index (κ3) is 3.78. The van der Waals surface area contributed by atoms with E-state index in [1.807, 2.05) is 0 Å². The van der Waals surface area contributed by atoms with Gasteiger partial charge in [0.25, 0.3) is 0 Å². The van der Waals surface area contributed by atoms with Crippen molar-refractivity contribution in [3.63, 3.8) is 0 Å². The van der Waals surface area contributed by atoms with Crippen molar-refractivity contribution in [1.29, 1.82) is 0 Å². The zero-order valence-electron chi connectivity index (χ0n) is 10.8. The van der Waals surface area contributed by atoms with E-state index in [1.54, 1.807) is 0 Å². The summed E-state index contributed by atoms with van der Waals surface area (Å²) < 4.78 is 5.67. The second-order valence-corrected chi connectivity index (χ2v) is 5.85. The van der Waals surface area contributed by atoms with Crippen LogP contribution < -0.4 is 5.11 Å². The van der Waals surface area contributed by atoms with E-state index in [-0.39, 0.29) is 17.9 Å². The molecule has 0 aromatic rings. The summed E-state index contributed by atoms with van der Waals surface area (Å²) in [5, 5.41) is 10.8. The van der Waals surface area contributed by atoms with Crippen molar-refractivity contribution in [2.45, 2.75) is 52.6 Å². The number of hydrogen-bond acceptors (Lipinski definition) is 3. The molecule has 16 heavy (non-hydrogen) atoms. The van der Waals surface area contributed by atoms with Gasteiger partial charge in [0.05, 0.1) is 5.60 Å². The molecule has 1 aliphatic heterocycles. The molecule has 0 N–H and O–H groups in total. The predicted molar refractivity (Wildman–Crippen MR) is 60.7 cm³/mol. The molecule has 0 aromatic heterocycles. The number of carbonyl (C=O) groups is 1. The van der Waals surface area contributed by atoms with Crippen LogP contribution in [0.25, 0.3) is 0 Å². The number of carboxylic acids is 1. The molecule has 3 heteroatoms. The molecular weight excluding hydrogens is 204 g/mol. The van der Waals surface area contributed by atoms with Crippen LogP contribution >= 0.6 is 0 Å². The fourth-order valence-electron chi connectivity index (χ4n) is 2.78. The van der Waals surface area contributed by atoms with Crippen molar-refractivity contribution in [3.8, 4) is 0 Å². The van der Waals surface area contributed by atoms with Crippen LogP contribution in [0.15, 0.2) is 0 Å². The Hall–Kier alpha value is -0.570. The molecule has 0 aliphatic carbocycles. The number of ether oxygens (including phenoxy) is 1. The lowest BCUT2D eigenvalue weighted by molar-refractivity contribution is -0.307.